The number of primary amides is 1. The van der Waals surface area contributed by atoms with Crippen LogP contribution in [-0.2, 0) is 16.0 Å². The van der Waals surface area contributed by atoms with E-state index >= 15 is 0 Å². The molecule has 3 aromatic rings. The zero-order valence-electron chi connectivity index (χ0n) is 18.2. The maximum atomic E-state index is 13.3. The van der Waals surface area contributed by atoms with Gasteiger partial charge in [-0.25, -0.2) is 14.6 Å². The Labute approximate surface area is 205 Å². The lowest BCUT2D eigenvalue weighted by molar-refractivity contribution is -0.127. The van der Waals surface area contributed by atoms with Crippen molar-refractivity contribution in [2.75, 3.05) is 0 Å². The lowest BCUT2D eigenvalue weighted by Gasteiger charge is -2.23. The number of ether oxygens (including phenoxy) is 1. The highest BCUT2D eigenvalue weighted by Crippen LogP contribution is 2.38. The Hall–Kier alpha value is -3.42. The van der Waals surface area contributed by atoms with E-state index in [0.29, 0.717) is 38.6 Å². The van der Waals surface area contributed by atoms with E-state index in [1.54, 1.807) is 12.1 Å². The van der Waals surface area contributed by atoms with Gasteiger partial charge in [0, 0.05) is 5.39 Å². The van der Waals surface area contributed by atoms with Crippen molar-refractivity contribution in [3.63, 3.8) is 0 Å². The number of hydrogen-bond donors (Lipinski definition) is 2. The Kier molecular flexibility index (Phi) is 6.86. The summed E-state index contributed by atoms with van der Waals surface area (Å²) >= 11 is 12.6. The van der Waals surface area contributed by atoms with Crippen molar-refractivity contribution in [3.05, 3.63) is 74.9 Å². The normalized spacial score (nSPS) is 15.0. The predicted molar refractivity (Wildman–Crippen MR) is 132 cm³/mol. The molecule has 0 unspecified atom stereocenters. The highest BCUT2D eigenvalue weighted by atomic mass is 35.5. The zero-order chi connectivity index (χ0) is 24.4. The van der Waals surface area contributed by atoms with E-state index in [9.17, 15) is 14.4 Å². The van der Waals surface area contributed by atoms with E-state index < -0.39 is 24.0 Å². The lowest BCUT2D eigenvalue weighted by Crippen LogP contribution is -2.42. The molecule has 0 bridgehead atoms. The Morgan fingerprint density at radius 1 is 1.12 bits per heavy atom. The molecule has 1 heterocycles. The first-order valence-corrected chi connectivity index (χ1v) is 11.4. The summed E-state index contributed by atoms with van der Waals surface area (Å²) in [6.07, 6.45) is 2.86. The van der Waals surface area contributed by atoms with Crippen LogP contribution in [0.4, 0.5) is 4.79 Å². The fourth-order valence-electron chi connectivity index (χ4n) is 4.02. The quantitative estimate of drug-likeness (QED) is 0.483. The van der Waals surface area contributed by atoms with Gasteiger partial charge in [0.1, 0.15) is 0 Å². The number of nitrogens with zero attached hydrogens (tertiary/aromatic N) is 1. The summed E-state index contributed by atoms with van der Waals surface area (Å²) < 4.78 is 5.42. The Balaban J connectivity index is 1.82. The SMILES string of the molecule is C[C@H](OC(=O)c1c2c(nc3ccccc13)/C(=C\c1cccc(Cl)c1Cl)CCC2)C(=O)NC(N)=O. The van der Waals surface area contributed by atoms with Crippen LogP contribution in [0.25, 0.3) is 22.6 Å². The average Bonchev–Trinajstić information content (AvgIpc) is 2.80. The molecule has 7 nitrogen and oxygen atoms in total. The molecule has 1 aromatic heterocycles. The molecule has 1 aliphatic rings. The minimum Gasteiger partial charge on any atom is -0.449 e. The number of rotatable bonds is 4. The van der Waals surface area contributed by atoms with Gasteiger partial charge in [0.15, 0.2) is 6.10 Å². The maximum Gasteiger partial charge on any atom is 0.339 e. The summed E-state index contributed by atoms with van der Waals surface area (Å²) in [5.74, 6) is -1.48. The number of aromatic nitrogens is 1. The minimum atomic E-state index is -1.22. The number of halogens is 2. The molecule has 0 spiro atoms. The van der Waals surface area contributed by atoms with Crippen LogP contribution in [0.5, 0.6) is 0 Å². The Morgan fingerprint density at radius 2 is 1.88 bits per heavy atom. The van der Waals surface area contributed by atoms with Gasteiger partial charge in [-0.2, -0.15) is 0 Å². The van der Waals surface area contributed by atoms with Gasteiger partial charge < -0.3 is 10.5 Å². The van der Waals surface area contributed by atoms with Gasteiger partial charge in [-0.1, -0.05) is 53.5 Å². The molecule has 4 rings (SSSR count). The first-order valence-electron chi connectivity index (χ1n) is 10.6. The number of fused-ring (bicyclic) bond motifs is 2. The number of para-hydroxylation sites is 1. The van der Waals surface area contributed by atoms with Crippen molar-refractivity contribution >= 4 is 63.7 Å². The largest absolute Gasteiger partial charge is 0.449 e. The summed E-state index contributed by atoms with van der Waals surface area (Å²) in [6, 6.07) is 11.6. The number of benzene rings is 2. The number of urea groups is 1. The smallest absolute Gasteiger partial charge is 0.339 e. The summed E-state index contributed by atoms with van der Waals surface area (Å²) in [7, 11) is 0. The predicted octanol–water partition coefficient (Wildman–Crippen LogP) is 5.16. The third-order valence-corrected chi connectivity index (χ3v) is 6.42. The summed E-state index contributed by atoms with van der Waals surface area (Å²) in [5, 5.41) is 3.44. The minimum absolute atomic E-state index is 0.349. The van der Waals surface area contributed by atoms with Crippen molar-refractivity contribution < 1.29 is 19.1 Å². The van der Waals surface area contributed by atoms with E-state index in [1.807, 2.05) is 41.7 Å². The van der Waals surface area contributed by atoms with Crippen LogP contribution in [0.15, 0.2) is 42.5 Å². The third-order valence-electron chi connectivity index (χ3n) is 5.59. The second-order valence-corrected chi connectivity index (χ2v) is 8.68. The van der Waals surface area contributed by atoms with E-state index in [4.69, 9.17) is 38.7 Å². The first-order chi connectivity index (χ1) is 16.3. The number of allylic oxidation sites excluding steroid dienone is 1. The molecule has 174 valence electrons. The molecule has 0 saturated heterocycles. The second kappa shape index (κ2) is 9.83. The van der Waals surface area contributed by atoms with Crippen LogP contribution in [0, 0.1) is 0 Å². The molecule has 1 aliphatic carbocycles. The topological polar surface area (TPSA) is 111 Å². The first kappa shape index (κ1) is 23.7. The average molecular weight is 498 g/mol. The van der Waals surface area contributed by atoms with E-state index in [0.717, 1.165) is 29.5 Å². The molecular formula is C25H21Cl2N3O4. The van der Waals surface area contributed by atoms with Crippen LogP contribution < -0.4 is 11.1 Å². The summed E-state index contributed by atoms with van der Waals surface area (Å²) in [6.45, 7) is 1.37. The van der Waals surface area contributed by atoms with Crippen LogP contribution in [-0.4, -0.2) is 29.0 Å². The number of hydrogen-bond acceptors (Lipinski definition) is 5. The van der Waals surface area contributed by atoms with Crippen LogP contribution in [0.3, 0.4) is 0 Å². The van der Waals surface area contributed by atoms with Gasteiger partial charge in [0.25, 0.3) is 5.91 Å². The summed E-state index contributed by atoms with van der Waals surface area (Å²) in [5.41, 5.74) is 9.06. The highest BCUT2D eigenvalue weighted by Gasteiger charge is 2.28. The molecular weight excluding hydrogens is 477 g/mol. The molecule has 0 aliphatic heterocycles. The Morgan fingerprint density at radius 3 is 2.65 bits per heavy atom. The molecule has 2 aromatic carbocycles. The van der Waals surface area contributed by atoms with Gasteiger partial charge in [-0.15, -0.1) is 0 Å². The van der Waals surface area contributed by atoms with Gasteiger partial charge in [-0.05, 0) is 61.1 Å². The van der Waals surface area contributed by atoms with Gasteiger partial charge in [0.2, 0.25) is 0 Å². The van der Waals surface area contributed by atoms with Gasteiger partial charge >= 0.3 is 12.0 Å². The van der Waals surface area contributed by atoms with Crippen LogP contribution >= 0.6 is 23.2 Å². The number of nitrogens with two attached hydrogens (primary N) is 1. The van der Waals surface area contributed by atoms with Crippen molar-refractivity contribution in [2.45, 2.75) is 32.3 Å². The van der Waals surface area contributed by atoms with E-state index in [1.165, 1.54) is 6.92 Å². The summed E-state index contributed by atoms with van der Waals surface area (Å²) in [4.78, 5) is 41.2. The maximum absolute atomic E-state index is 13.3. The molecule has 1 atom stereocenters. The van der Waals surface area contributed by atoms with Crippen LogP contribution in [0.2, 0.25) is 10.0 Å². The number of esters is 1. The van der Waals surface area contributed by atoms with Crippen LogP contribution in [0.1, 0.15) is 46.9 Å². The van der Waals surface area contributed by atoms with Crippen molar-refractivity contribution in [1.29, 1.82) is 0 Å². The molecule has 34 heavy (non-hydrogen) atoms. The molecule has 3 N–H and O–H groups in total. The number of carbonyl (C=O) groups is 3. The fourth-order valence-corrected chi connectivity index (χ4v) is 4.39. The lowest BCUT2D eigenvalue weighted by atomic mass is 9.86. The third kappa shape index (κ3) is 4.76. The molecule has 0 fully saturated rings. The molecule has 3 amide bonds. The standard InChI is InChI=1S/C25H21Cl2N3O4/c1-13(23(31)30-25(28)33)34-24(32)20-16-8-2-3-11-19(16)29-22-15(7-4-9-17(20)22)12-14-6-5-10-18(26)21(14)27/h2-3,5-6,8,10-13H,4,7,9H2,1H3,(H3,28,30,31,33)/b15-12-/t13-/m0/s1. The number of carbonyl (C=O) groups excluding carboxylic acids is 3. The molecule has 9 heteroatoms. The fraction of sp³-hybridized carbons (Fsp3) is 0.200. The number of amides is 3. The number of pyridine rings is 1. The number of nitrogens with one attached hydrogen (secondary N) is 1. The van der Waals surface area contributed by atoms with Gasteiger partial charge in [0.05, 0.1) is 26.8 Å². The molecule has 0 saturated carbocycles. The second-order valence-electron chi connectivity index (χ2n) is 7.90. The highest BCUT2D eigenvalue weighted by molar-refractivity contribution is 6.43. The van der Waals surface area contributed by atoms with Crippen molar-refractivity contribution in [3.8, 4) is 0 Å². The zero-order valence-corrected chi connectivity index (χ0v) is 19.7. The van der Waals surface area contributed by atoms with Crippen molar-refractivity contribution in [1.82, 2.24) is 10.3 Å². The monoisotopic (exact) mass is 497 g/mol. The van der Waals surface area contributed by atoms with Crippen molar-refractivity contribution in [2.24, 2.45) is 5.73 Å². The van der Waals surface area contributed by atoms with E-state index in [2.05, 4.69) is 0 Å². The Bertz CT molecular complexity index is 1350. The number of imide groups is 1. The van der Waals surface area contributed by atoms with E-state index in [-0.39, 0.29) is 0 Å². The molecule has 0 radical (unpaired) electrons. The van der Waals surface area contributed by atoms with Gasteiger partial charge in [-0.3, -0.25) is 10.1 Å².